The zero-order valence-electron chi connectivity index (χ0n) is 19.0. The van der Waals surface area contributed by atoms with Crippen LogP contribution in [0.4, 0.5) is 5.69 Å². The summed E-state index contributed by atoms with van der Waals surface area (Å²) in [7, 11) is 0. The number of nitrogens with one attached hydrogen (secondary N) is 1. The Balaban J connectivity index is 1.82. The van der Waals surface area contributed by atoms with E-state index in [1.807, 2.05) is 45.9 Å². The van der Waals surface area contributed by atoms with Gasteiger partial charge < -0.3 is 10.2 Å². The molecule has 0 fully saturated rings. The number of benzene rings is 2. The van der Waals surface area contributed by atoms with Crippen molar-refractivity contribution in [3.63, 3.8) is 0 Å². The van der Waals surface area contributed by atoms with E-state index in [1.54, 1.807) is 0 Å². The van der Waals surface area contributed by atoms with Gasteiger partial charge in [0.05, 0.1) is 22.3 Å². The van der Waals surface area contributed by atoms with Crippen LogP contribution in [0.1, 0.15) is 31.4 Å². The van der Waals surface area contributed by atoms with E-state index in [0.717, 1.165) is 11.1 Å². The summed E-state index contributed by atoms with van der Waals surface area (Å²) in [5, 5.41) is 3.68. The fourth-order valence-corrected chi connectivity index (χ4v) is 4.03. The molecule has 3 aromatic rings. The van der Waals surface area contributed by atoms with Crippen LogP contribution in [0.15, 0.2) is 41.5 Å². The average Bonchev–Trinajstić information content (AvgIpc) is 2.77. The van der Waals surface area contributed by atoms with Crippen LogP contribution in [0.3, 0.4) is 0 Å². The van der Waals surface area contributed by atoms with Crippen molar-refractivity contribution in [2.75, 3.05) is 11.9 Å². The summed E-state index contributed by atoms with van der Waals surface area (Å²) in [4.78, 5) is 44.5. The maximum absolute atomic E-state index is 13.2. The Morgan fingerprint density at radius 1 is 1.21 bits per heavy atom. The molecule has 3 rings (SSSR count). The zero-order valence-corrected chi connectivity index (χ0v) is 20.5. The normalized spacial score (nSPS) is 11.9. The standard InChI is InChI=1S/C24H26Cl2N4O3/c1-5-15(3)30(11-21(31)28-20-8-6-7-14(2)16(20)4)22(32)12-29-13-27-23-18(24(29)33)9-17(25)10-19(23)26/h6-10,13,15H,5,11-12H2,1-4H3,(H,28,31)/t15-/m0/s1. The van der Waals surface area contributed by atoms with Crippen molar-refractivity contribution in [2.45, 2.75) is 46.7 Å². The lowest BCUT2D eigenvalue weighted by Crippen LogP contribution is -2.45. The van der Waals surface area contributed by atoms with Gasteiger partial charge in [-0.25, -0.2) is 4.98 Å². The molecule has 9 heteroatoms. The summed E-state index contributed by atoms with van der Waals surface area (Å²) in [5.41, 5.74) is 2.63. The third-order valence-electron chi connectivity index (χ3n) is 5.79. The molecule has 0 aliphatic carbocycles. The number of halogens is 2. The summed E-state index contributed by atoms with van der Waals surface area (Å²) < 4.78 is 1.20. The maximum Gasteiger partial charge on any atom is 0.261 e. The number of hydrogen-bond acceptors (Lipinski definition) is 4. The monoisotopic (exact) mass is 488 g/mol. The van der Waals surface area contributed by atoms with E-state index < -0.39 is 5.56 Å². The molecule has 33 heavy (non-hydrogen) atoms. The SMILES string of the molecule is CC[C@H](C)N(CC(=O)Nc1cccc(C)c1C)C(=O)Cn1cnc2c(Cl)cc(Cl)cc2c1=O. The molecule has 1 atom stereocenters. The first-order valence-electron chi connectivity index (χ1n) is 10.6. The highest BCUT2D eigenvalue weighted by Crippen LogP contribution is 2.24. The van der Waals surface area contributed by atoms with Crippen molar-refractivity contribution in [3.8, 4) is 0 Å². The number of rotatable bonds is 7. The second-order valence-corrected chi connectivity index (χ2v) is 8.88. The number of carbonyl (C=O) groups excluding carboxylic acids is 2. The van der Waals surface area contributed by atoms with E-state index in [9.17, 15) is 14.4 Å². The fraction of sp³-hybridized carbons (Fsp3) is 0.333. The molecule has 1 N–H and O–H groups in total. The number of nitrogens with zero attached hydrogens (tertiary/aromatic N) is 3. The second kappa shape index (κ2) is 10.4. The minimum absolute atomic E-state index is 0.130. The van der Waals surface area contributed by atoms with Crippen molar-refractivity contribution in [3.05, 3.63) is 68.2 Å². The zero-order chi connectivity index (χ0) is 24.3. The Kier molecular flexibility index (Phi) is 7.76. The van der Waals surface area contributed by atoms with Gasteiger partial charge in [0.2, 0.25) is 11.8 Å². The van der Waals surface area contributed by atoms with Gasteiger partial charge in [0, 0.05) is 16.8 Å². The van der Waals surface area contributed by atoms with Crippen LogP contribution in [0, 0.1) is 13.8 Å². The number of carbonyl (C=O) groups is 2. The molecule has 7 nitrogen and oxygen atoms in total. The smallest absolute Gasteiger partial charge is 0.261 e. The third-order valence-corrected chi connectivity index (χ3v) is 6.29. The fourth-order valence-electron chi connectivity index (χ4n) is 3.49. The Bertz CT molecular complexity index is 1270. The Morgan fingerprint density at radius 3 is 2.64 bits per heavy atom. The van der Waals surface area contributed by atoms with E-state index in [2.05, 4.69) is 10.3 Å². The molecule has 174 valence electrons. The Morgan fingerprint density at radius 2 is 1.94 bits per heavy atom. The van der Waals surface area contributed by atoms with Crippen LogP contribution in [-0.2, 0) is 16.1 Å². The van der Waals surface area contributed by atoms with E-state index >= 15 is 0 Å². The molecular weight excluding hydrogens is 463 g/mol. The van der Waals surface area contributed by atoms with Gasteiger partial charge in [0.1, 0.15) is 13.1 Å². The Hall–Kier alpha value is -2.90. The lowest BCUT2D eigenvalue weighted by molar-refractivity contribution is -0.137. The molecule has 0 radical (unpaired) electrons. The van der Waals surface area contributed by atoms with Crippen molar-refractivity contribution in [2.24, 2.45) is 0 Å². The number of aromatic nitrogens is 2. The highest BCUT2D eigenvalue weighted by atomic mass is 35.5. The minimum Gasteiger partial charge on any atom is -0.329 e. The molecule has 2 aromatic carbocycles. The number of amides is 2. The first kappa shape index (κ1) is 24.7. The van der Waals surface area contributed by atoms with Crippen molar-refractivity contribution in [1.29, 1.82) is 0 Å². The topological polar surface area (TPSA) is 84.3 Å². The van der Waals surface area contributed by atoms with E-state index in [0.29, 0.717) is 22.6 Å². The van der Waals surface area contributed by atoms with Crippen molar-refractivity contribution < 1.29 is 9.59 Å². The largest absolute Gasteiger partial charge is 0.329 e. The number of anilines is 1. The summed E-state index contributed by atoms with van der Waals surface area (Å²) >= 11 is 12.2. The average molecular weight is 489 g/mol. The van der Waals surface area contributed by atoms with E-state index in [1.165, 1.54) is 27.9 Å². The molecule has 0 bridgehead atoms. The maximum atomic E-state index is 13.2. The van der Waals surface area contributed by atoms with Crippen molar-refractivity contribution in [1.82, 2.24) is 14.5 Å². The van der Waals surface area contributed by atoms with Crippen LogP contribution in [0.5, 0.6) is 0 Å². The number of hydrogen-bond donors (Lipinski definition) is 1. The lowest BCUT2D eigenvalue weighted by Gasteiger charge is -2.28. The molecule has 0 saturated heterocycles. The predicted molar refractivity (Wildman–Crippen MR) is 132 cm³/mol. The van der Waals surface area contributed by atoms with Gasteiger partial charge in [-0.1, -0.05) is 42.3 Å². The van der Waals surface area contributed by atoms with E-state index in [4.69, 9.17) is 23.2 Å². The van der Waals surface area contributed by atoms with Crippen molar-refractivity contribution >= 4 is 51.6 Å². The van der Waals surface area contributed by atoms with Gasteiger partial charge in [-0.05, 0) is 56.5 Å². The van der Waals surface area contributed by atoms with Gasteiger partial charge in [0.15, 0.2) is 0 Å². The van der Waals surface area contributed by atoms with Gasteiger partial charge in [-0.2, -0.15) is 0 Å². The number of fused-ring (bicyclic) bond motifs is 1. The first-order chi connectivity index (χ1) is 15.6. The van der Waals surface area contributed by atoms with E-state index in [-0.39, 0.29) is 41.4 Å². The lowest BCUT2D eigenvalue weighted by atomic mass is 10.1. The van der Waals surface area contributed by atoms with Gasteiger partial charge in [-0.3, -0.25) is 19.0 Å². The third kappa shape index (κ3) is 5.54. The second-order valence-electron chi connectivity index (χ2n) is 8.04. The molecular formula is C24H26Cl2N4O3. The number of aryl methyl sites for hydroxylation is 1. The molecule has 0 spiro atoms. The molecule has 1 aromatic heterocycles. The molecule has 0 aliphatic rings. The predicted octanol–water partition coefficient (Wildman–Crippen LogP) is 4.59. The van der Waals surface area contributed by atoms with Crippen LogP contribution in [-0.4, -0.2) is 38.9 Å². The molecule has 0 unspecified atom stereocenters. The summed E-state index contributed by atoms with van der Waals surface area (Å²) in [6.45, 7) is 7.31. The summed E-state index contributed by atoms with van der Waals surface area (Å²) in [6, 6.07) is 8.44. The first-order valence-corrected chi connectivity index (χ1v) is 11.4. The summed E-state index contributed by atoms with van der Waals surface area (Å²) in [6.07, 6.45) is 1.94. The van der Waals surface area contributed by atoms with Crippen LogP contribution in [0.25, 0.3) is 10.9 Å². The highest BCUT2D eigenvalue weighted by Gasteiger charge is 2.23. The quantitative estimate of drug-likeness (QED) is 0.527. The molecule has 0 saturated carbocycles. The molecule has 0 aliphatic heterocycles. The minimum atomic E-state index is -0.429. The van der Waals surface area contributed by atoms with Gasteiger partial charge >= 0.3 is 0 Å². The summed E-state index contributed by atoms with van der Waals surface area (Å²) in [5.74, 6) is -0.670. The van der Waals surface area contributed by atoms with Crippen LogP contribution < -0.4 is 10.9 Å². The van der Waals surface area contributed by atoms with Crippen LogP contribution >= 0.6 is 23.2 Å². The van der Waals surface area contributed by atoms with Crippen LogP contribution in [0.2, 0.25) is 10.0 Å². The Labute approximate surface area is 202 Å². The van der Waals surface area contributed by atoms with Gasteiger partial charge in [0.25, 0.3) is 5.56 Å². The highest BCUT2D eigenvalue weighted by molar-refractivity contribution is 6.38. The van der Waals surface area contributed by atoms with Gasteiger partial charge in [-0.15, -0.1) is 0 Å². The molecule has 1 heterocycles. The molecule has 2 amide bonds.